The van der Waals surface area contributed by atoms with Crippen molar-refractivity contribution < 1.29 is 80.2 Å². The van der Waals surface area contributed by atoms with Crippen molar-refractivity contribution in [2.24, 2.45) is 5.92 Å². The molecule has 0 fully saturated rings. The molecule has 0 aliphatic heterocycles. The number of phosphoric acid groups is 2. The molecule has 0 radical (unpaired) electrons. The predicted octanol–water partition coefficient (Wildman–Crippen LogP) is 21.7. The number of hydrogen-bond donors (Lipinski definition) is 3. The molecule has 0 aromatic carbocycles. The molecular formula is C74H144O17P2. The fraction of sp³-hybridized carbons (Fsp3) is 0.946. The van der Waals surface area contributed by atoms with Gasteiger partial charge in [0.25, 0.3) is 0 Å². The Morgan fingerprint density at radius 3 is 0.731 bits per heavy atom. The molecule has 2 unspecified atom stereocenters. The van der Waals surface area contributed by atoms with E-state index in [1.165, 1.54) is 212 Å². The van der Waals surface area contributed by atoms with Gasteiger partial charge >= 0.3 is 39.5 Å². The van der Waals surface area contributed by atoms with Gasteiger partial charge in [0.2, 0.25) is 0 Å². The molecule has 0 saturated carbocycles. The van der Waals surface area contributed by atoms with Gasteiger partial charge in [-0.05, 0) is 31.6 Å². The molecule has 17 nitrogen and oxygen atoms in total. The van der Waals surface area contributed by atoms with Gasteiger partial charge in [-0.1, -0.05) is 336 Å². The highest BCUT2D eigenvalue weighted by molar-refractivity contribution is 7.47. The highest BCUT2D eigenvalue weighted by Gasteiger charge is 2.30. The lowest BCUT2D eigenvalue weighted by Gasteiger charge is -2.21. The summed E-state index contributed by atoms with van der Waals surface area (Å²) in [4.78, 5) is 72.7. The van der Waals surface area contributed by atoms with Crippen LogP contribution in [0.3, 0.4) is 0 Å². The van der Waals surface area contributed by atoms with Crippen LogP contribution in [0.25, 0.3) is 0 Å². The third kappa shape index (κ3) is 68.4. The molecule has 5 atom stereocenters. The third-order valence-electron chi connectivity index (χ3n) is 17.3. The molecule has 93 heavy (non-hydrogen) atoms. The van der Waals surface area contributed by atoms with Gasteiger partial charge in [-0.2, -0.15) is 0 Å². The summed E-state index contributed by atoms with van der Waals surface area (Å²) in [5.41, 5.74) is 0. The highest BCUT2D eigenvalue weighted by Crippen LogP contribution is 2.45. The topological polar surface area (TPSA) is 237 Å². The molecule has 0 aliphatic rings. The lowest BCUT2D eigenvalue weighted by Crippen LogP contribution is -2.30. The molecule has 552 valence electrons. The number of carbonyl (C=O) groups is 4. The number of rotatable bonds is 74. The largest absolute Gasteiger partial charge is 0.472 e. The normalized spacial score (nSPS) is 14.0. The van der Waals surface area contributed by atoms with E-state index in [1.54, 1.807) is 0 Å². The Bertz CT molecular complexity index is 1790. The molecule has 0 aliphatic carbocycles. The van der Waals surface area contributed by atoms with E-state index in [-0.39, 0.29) is 25.7 Å². The number of phosphoric ester groups is 2. The Hall–Kier alpha value is -1.94. The van der Waals surface area contributed by atoms with Gasteiger partial charge in [-0.3, -0.25) is 37.3 Å². The number of unbranched alkanes of at least 4 members (excludes halogenated alkanes) is 46. The summed E-state index contributed by atoms with van der Waals surface area (Å²) in [6.45, 7) is 7.29. The van der Waals surface area contributed by atoms with Crippen LogP contribution in [0.2, 0.25) is 0 Å². The van der Waals surface area contributed by atoms with E-state index in [0.29, 0.717) is 25.7 Å². The monoisotopic (exact) mass is 1370 g/mol. The Morgan fingerprint density at radius 1 is 0.290 bits per heavy atom. The zero-order valence-electron chi connectivity index (χ0n) is 60.4. The quantitative estimate of drug-likeness (QED) is 0.0222. The van der Waals surface area contributed by atoms with Crippen LogP contribution in [-0.2, 0) is 65.4 Å². The summed E-state index contributed by atoms with van der Waals surface area (Å²) in [5.74, 6) is -1.33. The Kier molecular flexibility index (Phi) is 65.9. The van der Waals surface area contributed by atoms with Crippen LogP contribution in [0.4, 0.5) is 0 Å². The maximum Gasteiger partial charge on any atom is 0.472 e. The number of esters is 4. The van der Waals surface area contributed by atoms with Gasteiger partial charge in [-0.25, -0.2) is 9.13 Å². The van der Waals surface area contributed by atoms with E-state index >= 15 is 0 Å². The minimum Gasteiger partial charge on any atom is -0.462 e. The molecule has 0 saturated heterocycles. The Balaban J connectivity index is 5.24. The summed E-state index contributed by atoms with van der Waals surface area (Å²) in [6.07, 6.45) is 55.3. The van der Waals surface area contributed by atoms with Crippen LogP contribution < -0.4 is 0 Å². The Morgan fingerprint density at radius 2 is 0.495 bits per heavy atom. The average Bonchev–Trinajstić information content (AvgIpc) is 1.88. The number of carbonyl (C=O) groups excluding carboxylic acids is 4. The molecule has 19 heteroatoms. The first-order chi connectivity index (χ1) is 45.0. The van der Waals surface area contributed by atoms with E-state index < -0.39 is 97.5 Å². The average molecular weight is 1370 g/mol. The molecule has 0 heterocycles. The molecule has 0 aromatic rings. The van der Waals surface area contributed by atoms with Crippen LogP contribution in [-0.4, -0.2) is 96.7 Å². The van der Waals surface area contributed by atoms with E-state index in [9.17, 15) is 43.2 Å². The van der Waals surface area contributed by atoms with E-state index in [2.05, 4.69) is 34.6 Å². The molecule has 0 aromatic heterocycles. The SMILES string of the molecule is CCCCCCCCCCCCCCCCCCC(=O)O[C@H](COC(=O)CCCCCCCCCCCCCCC(C)C)COP(=O)(O)OC[C@@H](O)COP(=O)(O)OC[C@@H](COC(=O)CCCCCCCCCCCCC)OC(=O)CCCCCCCCCCCCC. The first-order valence-corrected chi connectivity index (χ1v) is 41.6. The number of ether oxygens (including phenoxy) is 4. The van der Waals surface area contributed by atoms with Gasteiger partial charge in [0.1, 0.15) is 19.3 Å². The van der Waals surface area contributed by atoms with E-state index in [1.807, 2.05) is 0 Å². The molecule has 0 rings (SSSR count). The minimum atomic E-state index is -4.95. The van der Waals surface area contributed by atoms with Crippen molar-refractivity contribution in [3.05, 3.63) is 0 Å². The molecule has 0 spiro atoms. The van der Waals surface area contributed by atoms with Crippen LogP contribution in [0.1, 0.15) is 388 Å². The van der Waals surface area contributed by atoms with E-state index in [0.717, 1.165) is 95.8 Å². The minimum absolute atomic E-state index is 0.107. The summed E-state index contributed by atoms with van der Waals surface area (Å²) in [6, 6.07) is 0. The molecule has 0 bridgehead atoms. The summed E-state index contributed by atoms with van der Waals surface area (Å²) >= 11 is 0. The second-order valence-corrected chi connectivity index (χ2v) is 30.1. The third-order valence-corrected chi connectivity index (χ3v) is 19.2. The standard InChI is InChI=1S/C74H144O17P2/c1-6-9-12-15-18-21-24-25-26-27-28-35-40-45-50-55-60-74(79)91-70(64-85-72(77)58-53-48-43-38-34-30-29-33-36-41-46-51-56-67(4)5)66-89-93(82,83)87-62-68(75)61-86-92(80,81)88-65-69(90-73(78)59-54-49-44-39-32-23-20-17-14-11-8-3)63-84-71(76)57-52-47-42-37-31-22-19-16-13-10-7-2/h67-70,75H,6-66H2,1-5H3,(H,80,81)(H,82,83)/t68-,69+,70+/m0/s1. The zero-order chi connectivity index (χ0) is 68.4. The first kappa shape index (κ1) is 91.1. The van der Waals surface area contributed by atoms with Gasteiger partial charge < -0.3 is 33.8 Å². The van der Waals surface area contributed by atoms with Gasteiger partial charge in [0, 0.05) is 25.7 Å². The van der Waals surface area contributed by atoms with Gasteiger partial charge in [0.05, 0.1) is 26.4 Å². The highest BCUT2D eigenvalue weighted by atomic mass is 31.2. The van der Waals surface area contributed by atoms with Crippen molar-refractivity contribution in [3.8, 4) is 0 Å². The van der Waals surface area contributed by atoms with Gasteiger partial charge in [0.15, 0.2) is 12.2 Å². The van der Waals surface area contributed by atoms with Crippen molar-refractivity contribution in [2.45, 2.75) is 406 Å². The Labute approximate surface area is 568 Å². The van der Waals surface area contributed by atoms with Gasteiger partial charge in [-0.15, -0.1) is 0 Å². The van der Waals surface area contributed by atoms with Crippen LogP contribution >= 0.6 is 15.6 Å². The second-order valence-electron chi connectivity index (χ2n) is 27.2. The smallest absolute Gasteiger partial charge is 0.462 e. The second kappa shape index (κ2) is 67.3. The van der Waals surface area contributed by atoms with Crippen LogP contribution in [0.5, 0.6) is 0 Å². The van der Waals surface area contributed by atoms with Crippen molar-refractivity contribution in [3.63, 3.8) is 0 Å². The van der Waals surface area contributed by atoms with Crippen LogP contribution in [0.15, 0.2) is 0 Å². The maximum absolute atomic E-state index is 13.1. The fourth-order valence-corrected chi connectivity index (χ4v) is 12.9. The fourth-order valence-electron chi connectivity index (χ4n) is 11.4. The lowest BCUT2D eigenvalue weighted by molar-refractivity contribution is -0.161. The number of hydrogen-bond acceptors (Lipinski definition) is 15. The summed E-state index contributed by atoms with van der Waals surface area (Å²) in [5, 5.41) is 10.6. The number of aliphatic hydroxyl groups excluding tert-OH is 1. The predicted molar refractivity (Wildman–Crippen MR) is 377 cm³/mol. The van der Waals surface area contributed by atoms with Crippen molar-refractivity contribution in [1.29, 1.82) is 0 Å². The summed E-state index contributed by atoms with van der Waals surface area (Å²) in [7, 11) is -9.90. The van der Waals surface area contributed by atoms with Crippen molar-refractivity contribution in [2.75, 3.05) is 39.6 Å². The summed E-state index contributed by atoms with van der Waals surface area (Å²) < 4.78 is 68.4. The van der Waals surface area contributed by atoms with Crippen molar-refractivity contribution >= 4 is 39.5 Å². The molecule has 3 N–H and O–H groups in total. The maximum atomic E-state index is 13.1. The van der Waals surface area contributed by atoms with Crippen molar-refractivity contribution in [1.82, 2.24) is 0 Å². The first-order valence-electron chi connectivity index (χ1n) is 38.6. The lowest BCUT2D eigenvalue weighted by atomic mass is 10.0. The van der Waals surface area contributed by atoms with E-state index in [4.69, 9.17) is 37.0 Å². The number of aliphatic hydroxyl groups is 1. The molecule has 0 amide bonds. The zero-order valence-corrected chi connectivity index (χ0v) is 62.2. The molecular weight excluding hydrogens is 1220 g/mol. The van der Waals surface area contributed by atoms with Crippen LogP contribution in [0, 0.1) is 5.92 Å².